The van der Waals surface area contributed by atoms with Crippen LogP contribution in [0.1, 0.15) is 16.0 Å². The predicted molar refractivity (Wildman–Crippen MR) is 86.9 cm³/mol. The molecule has 1 heterocycles. The zero-order valence-corrected chi connectivity index (χ0v) is 13.0. The molecule has 104 valence electrons. The fourth-order valence-corrected chi connectivity index (χ4v) is 2.96. The fourth-order valence-electron chi connectivity index (χ4n) is 1.92. The van der Waals surface area contributed by atoms with E-state index in [0.29, 0.717) is 6.54 Å². The minimum Gasteiger partial charge on any atom is -0.320 e. The molecule has 0 radical (unpaired) electrons. The summed E-state index contributed by atoms with van der Waals surface area (Å²) in [6, 6.07) is 10.0. The number of nitrogens with two attached hydrogens (primary N) is 1. The second-order valence-electron chi connectivity index (χ2n) is 4.56. The second-order valence-corrected chi connectivity index (χ2v) is 6.00. The van der Waals surface area contributed by atoms with Crippen LogP contribution in [0.2, 0.25) is 5.02 Å². The molecule has 0 aliphatic rings. The van der Waals surface area contributed by atoms with E-state index in [9.17, 15) is 0 Å². The van der Waals surface area contributed by atoms with Crippen LogP contribution < -0.4 is 5.73 Å². The van der Waals surface area contributed by atoms with Crippen LogP contribution in [0.5, 0.6) is 0 Å². The van der Waals surface area contributed by atoms with E-state index >= 15 is 0 Å². The monoisotopic (exact) mass is 304 g/mol. The zero-order chi connectivity index (χ0) is 14.4. The maximum atomic E-state index is 5.90. The van der Waals surface area contributed by atoms with Crippen LogP contribution in [-0.2, 0) is 13.1 Å². The summed E-state index contributed by atoms with van der Waals surface area (Å²) in [5.74, 6) is 6.03. The maximum Gasteiger partial charge on any atom is 0.0555 e. The van der Waals surface area contributed by atoms with E-state index in [1.165, 1.54) is 10.4 Å². The molecule has 4 heteroatoms. The van der Waals surface area contributed by atoms with Crippen molar-refractivity contribution < 1.29 is 0 Å². The summed E-state index contributed by atoms with van der Waals surface area (Å²) < 4.78 is 0. The average molecular weight is 305 g/mol. The Hall–Kier alpha value is -1.31. The molecule has 0 unspecified atom stereocenters. The van der Waals surface area contributed by atoms with Crippen LogP contribution in [0.4, 0.5) is 0 Å². The molecule has 0 saturated heterocycles. The topological polar surface area (TPSA) is 29.3 Å². The molecule has 2 rings (SSSR count). The van der Waals surface area contributed by atoms with Gasteiger partial charge in [0.25, 0.3) is 0 Å². The molecular formula is C16H17ClN2S. The summed E-state index contributed by atoms with van der Waals surface area (Å²) in [5.41, 5.74) is 7.76. The number of benzene rings is 1. The lowest BCUT2D eigenvalue weighted by atomic mass is 10.2. The molecule has 0 fully saturated rings. The van der Waals surface area contributed by atoms with Crippen LogP contribution in [-0.4, -0.2) is 18.5 Å². The van der Waals surface area contributed by atoms with Crippen molar-refractivity contribution in [3.8, 4) is 11.8 Å². The highest BCUT2D eigenvalue weighted by molar-refractivity contribution is 7.10. The number of halogens is 1. The van der Waals surface area contributed by atoms with Gasteiger partial charge in [-0.1, -0.05) is 35.6 Å². The van der Waals surface area contributed by atoms with E-state index < -0.39 is 0 Å². The van der Waals surface area contributed by atoms with E-state index in [4.69, 9.17) is 17.3 Å². The zero-order valence-electron chi connectivity index (χ0n) is 11.4. The van der Waals surface area contributed by atoms with Gasteiger partial charge >= 0.3 is 0 Å². The van der Waals surface area contributed by atoms with E-state index in [1.807, 2.05) is 12.1 Å². The Labute approximate surface area is 129 Å². The molecule has 0 spiro atoms. The summed E-state index contributed by atoms with van der Waals surface area (Å²) in [5, 5.41) is 2.85. The lowest BCUT2D eigenvalue weighted by molar-refractivity contribution is 0.322. The summed E-state index contributed by atoms with van der Waals surface area (Å²) in [7, 11) is 2.11. The first-order chi connectivity index (χ1) is 9.69. The SMILES string of the molecule is CN(Cc1ccc(Cl)cc1)Cc1sccc1C#CCN. The van der Waals surface area contributed by atoms with Crippen molar-refractivity contribution in [3.63, 3.8) is 0 Å². The van der Waals surface area contributed by atoms with Crippen molar-refractivity contribution in [2.75, 3.05) is 13.6 Å². The van der Waals surface area contributed by atoms with Crippen LogP contribution >= 0.6 is 22.9 Å². The third-order valence-electron chi connectivity index (χ3n) is 2.85. The smallest absolute Gasteiger partial charge is 0.0555 e. The highest BCUT2D eigenvalue weighted by Crippen LogP contribution is 2.19. The molecular weight excluding hydrogens is 288 g/mol. The Morgan fingerprint density at radius 3 is 2.65 bits per heavy atom. The Balaban J connectivity index is 1.99. The van der Waals surface area contributed by atoms with Gasteiger partial charge in [-0.2, -0.15) is 0 Å². The Morgan fingerprint density at radius 2 is 1.95 bits per heavy atom. The molecule has 0 aliphatic carbocycles. The molecule has 2 N–H and O–H groups in total. The first kappa shape index (κ1) is 15.1. The molecule has 0 amide bonds. The van der Waals surface area contributed by atoms with Gasteiger partial charge in [0.15, 0.2) is 0 Å². The Morgan fingerprint density at radius 1 is 1.20 bits per heavy atom. The van der Waals surface area contributed by atoms with Gasteiger partial charge in [-0.05, 0) is 36.2 Å². The fraction of sp³-hybridized carbons (Fsp3) is 0.250. The number of rotatable bonds is 4. The van der Waals surface area contributed by atoms with Gasteiger partial charge in [-0.15, -0.1) is 11.3 Å². The summed E-state index contributed by atoms with van der Waals surface area (Å²) >= 11 is 7.63. The average Bonchev–Trinajstić information content (AvgIpc) is 2.86. The third-order valence-corrected chi connectivity index (χ3v) is 4.01. The van der Waals surface area contributed by atoms with Crippen molar-refractivity contribution in [1.82, 2.24) is 4.90 Å². The maximum absolute atomic E-state index is 5.90. The van der Waals surface area contributed by atoms with Crippen LogP contribution in [0.25, 0.3) is 0 Å². The van der Waals surface area contributed by atoms with E-state index in [-0.39, 0.29) is 0 Å². The van der Waals surface area contributed by atoms with Gasteiger partial charge in [0.2, 0.25) is 0 Å². The van der Waals surface area contributed by atoms with Gasteiger partial charge in [0.1, 0.15) is 0 Å². The Kier molecular flexibility index (Phi) is 5.63. The molecule has 0 saturated carbocycles. The van der Waals surface area contributed by atoms with Gasteiger partial charge < -0.3 is 5.73 Å². The molecule has 2 nitrogen and oxygen atoms in total. The third kappa shape index (κ3) is 4.36. The molecule has 1 aromatic carbocycles. The lowest BCUT2D eigenvalue weighted by Gasteiger charge is -2.16. The summed E-state index contributed by atoms with van der Waals surface area (Å²) in [6.07, 6.45) is 0. The summed E-state index contributed by atoms with van der Waals surface area (Å²) in [6.45, 7) is 2.17. The van der Waals surface area contributed by atoms with Crippen molar-refractivity contribution in [2.45, 2.75) is 13.1 Å². The standard InChI is InChI=1S/C16H17ClN2S/c1-19(11-13-4-6-15(17)7-5-13)12-16-14(3-2-9-18)8-10-20-16/h4-8,10H,9,11-12,18H2,1H3. The first-order valence-electron chi connectivity index (χ1n) is 6.37. The number of thiophene rings is 1. The molecule has 20 heavy (non-hydrogen) atoms. The number of nitrogens with zero attached hydrogens (tertiary/aromatic N) is 1. The molecule has 1 aromatic heterocycles. The molecule has 0 atom stereocenters. The van der Waals surface area contributed by atoms with Crippen molar-refractivity contribution in [1.29, 1.82) is 0 Å². The quantitative estimate of drug-likeness (QED) is 0.878. The van der Waals surface area contributed by atoms with Gasteiger partial charge in [0.05, 0.1) is 6.54 Å². The van der Waals surface area contributed by atoms with Crippen molar-refractivity contribution in [3.05, 3.63) is 56.7 Å². The summed E-state index contributed by atoms with van der Waals surface area (Å²) in [4.78, 5) is 3.55. The van der Waals surface area contributed by atoms with Crippen molar-refractivity contribution >= 4 is 22.9 Å². The molecule has 2 aromatic rings. The minimum atomic E-state index is 0.399. The molecule has 0 aliphatic heterocycles. The van der Waals surface area contributed by atoms with Gasteiger partial charge in [-0.25, -0.2) is 0 Å². The number of hydrogen-bond donors (Lipinski definition) is 1. The molecule has 0 bridgehead atoms. The van der Waals surface area contributed by atoms with Crippen molar-refractivity contribution in [2.24, 2.45) is 5.73 Å². The normalized spacial score (nSPS) is 10.4. The van der Waals surface area contributed by atoms with Crippen LogP contribution in [0.15, 0.2) is 35.7 Å². The van der Waals surface area contributed by atoms with E-state index in [2.05, 4.69) is 47.4 Å². The first-order valence-corrected chi connectivity index (χ1v) is 7.63. The van der Waals surface area contributed by atoms with E-state index in [1.54, 1.807) is 11.3 Å². The van der Waals surface area contributed by atoms with Crippen LogP contribution in [0, 0.1) is 11.8 Å². The highest BCUT2D eigenvalue weighted by Gasteiger charge is 2.06. The predicted octanol–water partition coefficient (Wildman–Crippen LogP) is 3.34. The minimum absolute atomic E-state index is 0.399. The van der Waals surface area contributed by atoms with Gasteiger partial charge in [-0.3, -0.25) is 4.90 Å². The lowest BCUT2D eigenvalue weighted by Crippen LogP contribution is -2.17. The van der Waals surface area contributed by atoms with Gasteiger partial charge in [0, 0.05) is 28.6 Å². The number of hydrogen-bond acceptors (Lipinski definition) is 3. The Bertz CT molecular complexity index is 607. The highest BCUT2D eigenvalue weighted by atomic mass is 35.5. The van der Waals surface area contributed by atoms with E-state index in [0.717, 1.165) is 23.7 Å². The van der Waals surface area contributed by atoms with Crippen LogP contribution in [0.3, 0.4) is 0 Å². The second kappa shape index (κ2) is 7.47. The largest absolute Gasteiger partial charge is 0.320 e.